The number of rotatable bonds is 10. The van der Waals surface area contributed by atoms with Crippen molar-refractivity contribution in [3.63, 3.8) is 0 Å². The van der Waals surface area contributed by atoms with Crippen LogP contribution >= 0.6 is 11.6 Å². The number of sulfonamides is 1. The summed E-state index contributed by atoms with van der Waals surface area (Å²) in [6, 6.07) is 4.91. The zero-order valence-corrected chi connectivity index (χ0v) is 31.6. The largest absolute Gasteiger partial charge is 0.444 e. The first-order chi connectivity index (χ1) is 25.1. The molecule has 2 aliphatic heterocycles. The van der Waals surface area contributed by atoms with E-state index in [-0.39, 0.29) is 38.2 Å². The van der Waals surface area contributed by atoms with Crippen molar-refractivity contribution in [3.05, 3.63) is 63.9 Å². The van der Waals surface area contributed by atoms with Crippen LogP contribution in [0, 0.1) is 17.2 Å². The van der Waals surface area contributed by atoms with Gasteiger partial charge in [-0.1, -0.05) is 57.8 Å². The number of anilines is 1. The maximum absolute atomic E-state index is 14.5. The number of carbonyl (C=O) groups is 4. The molecule has 0 radical (unpaired) electrons. The molecule has 2 aromatic rings. The minimum Gasteiger partial charge on any atom is -0.444 e. The van der Waals surface area contributed by atoms with Crippen molar-refractivity contribution in [2.45, 2.75) is 108 Å². The molecule has 6 rings (SSSR count). The number of hydrogen-bond acceptors (Lipinski definition) is 8. The van der Waals surface area contributed by atoms with Crippen molar-refractivity contribution >= 4 is 51.1 Å². The number of ether oxygens (including phenoxy) is 1. The van der Waals surface area contributed by atoms with Crippen LogP contribution in [0.1, 0.15) is 76.5 Å². The Hall–Kier alpha value is -4.12. The van der Waals surface area contributed by atoms with E-state index in [0.717, 1.165) is 22.1 Å². The first-order valence-corrected chi connectivity index (χ1v) is 19.6. The molecular formula is C36H42ClF4N5O7S. The molecule has 0 aromatic heterocycles. The average Bonchev–Trinajstić information content (AvgIpc) is 3.97. The summed E-state index contributed by atoms with van der Waals surface area (Å²) in [7, 11) is -3.95. The summed E-state index contributed by atoms with van der Waals surface area (Å²) < 4.78 is 88.2. The number of fused-ring (bicyclic) bond motifs is 1. The number of halogens is 5. The van der Waals surface area contributed by atoms with E-state index in [2.05, 4.69) is 15.4 Å². The molecule has 54 heavy (non-hydrogen) atoms. The first-order valence-electron chi connectivity index (χ1n) is 17.7. The number of amides is 4. The summed E-state index contributed by atoms with van der Waals surface area (Å²) in [4.78, 5) is 58.2. The van der Waals surface area contributed by atoms with Crippen molar-refractivity contribution in [1.82, 2.24) is 19.8 Å². The van der Waals surface area contributed by atoms with Crippen LogP contribution in [0.15, 0.2) is 36.4 Å². The molecule has 18 heteroatoms. The predicted molar refractivity (Wildman–Crippen MR) is 189 cm³/mol. The van der Waals surface area contributed by atoms with Gasteiger partial charge in [-0.15, -0.1) is 0 Å². The van der Waals surface area contributed by atoms with Crippen LogP contribution in [0.2, 0.25) is 5.02 Å². The Morgan fingerprint density at radius 3 is 2.37 bits per heavy atom. The topological polar surface area (TPSA) is 154 Å². The van der Waals surface area contributed by atoms with Gasteiger partial charge >= 0.3 is 12.3 Å². The fourth-order valence-electron chi connectivity index (χ4n) is 7.21. The molecule has 3 N–H and O–H groups in total. The van der Waals surface area contributed by atoms with Crippen molar-refractivity contribution in [2.24, 2.45) is 11.3 Å². The van der Waals surface area contributed by atoms with E-state index in [9.17, 15) is 45.2 Å². The van der Waals surface area contributed by atoms with Crippen LogP contribution < -0.4 is 15.4 Å². The average molecular weight is 800 g/mol. The summed E-state index contributed by atoms with van der Waals surface area (Å²) in [5.41, 5.74) is -2.72. The highest BCUT2D eigenvalue weighted by atomic mass is 35.5. The van der Waals surface area contributed by atoms with E-state index in [1.54, 1.807) is 39.8 Å². The summed E-state index contributed by atoms with van der Waals surface area (Å²) in [5, 5.41) is 5.31. The number of benzene rings is 2. The van der Waals surface area contributed by atoms with E-state index in [4.69, 9.17) is 16.3 Å². The third kappa shape index (κ3) is 7.97. The summed E-state index contributed by atoms with van der Waals surface area (Å²) in [6.45, 7) is 6.80. The van der Waals surface area contributed by atoms with E-state index in [0.29, 0.717) is 36.4 Å². The van der Waals surface area contributed by atoms with Gasteiger partial charge < -0.3 is 20.3 Å². The van der Waals surface area contributed by atoms with Gasteiger partial charge in [0.25, 0.3) is 5.91 Å². The molecule has 1 saturated heterocycles. The Morgan fingerprint density at radius 2 is 1.78 bits per heavy atom. The second-order valence-corrected chi connectivity index (χ2v) is 17.9. The monoisotopic (exact) mass is 799 g/mol. The third-order valence-electron chi connectivity index (χ3n) is 10.5. The maximum atomic E-state index is 14.5. The summed E-state index contributed by atoms with van der Waals surface area (Å²) >= 11 is 6.33. The van der Waals surface area contributed by atoms with Crippen molar-refractivity contribution < 1.29 is 49.9 Å². The van der Waals surface area contributed by atoms with Crippen LogP contribution in [0.25, 0.3) is 0 Å². The number of hydrogen-bond donors (Lipinski definition) is 3. The van der Waals surface area contributed by atoms with E-state index >= 15 is 0 Å². The zero-order valence-electron chi connectivity index (χ0n) is 30.1. The molecule has 5 unspecified atom stereocenters. The lowest BCUT2D eigenvalue weighted by Gasteiger charge is -2.36. The number of carbonyl (C=O) groups excluding carboxylic acids is 4. The molecule has 3 fully saturated rings. The standard InChI is InChI=1S/C36H42ClF4N5O7S/c1-5-20-15-35(20,32(49)44-54(51,52)23-10-11-23)43-30(47)28-14-22(53-33(50)45-16-19-7-6-8-26(37)24(19)18-45)17-46(28)31(48)29(34(2,3)4)42-21-9-12-27(38)25(13-21)36(39,40)41/h6-9,12-13,20,22-23,28-29,42H,5,10-11,14-18H2,1-4H3,(H,43,47)(H,44,49). The van der Waals surface area contributed by atoms with Crippen LogP contribution in [0.3, 0.4) is 0 Å². The molecule has 5 atom stereocenters. The number of alkyl halides is 3. The molecule has 12 nitrogen and oxygen atoms in total. The third-order valence-corrected chi connectivity index (χ3v) is 12.7. The zero-order chi connectivity index (χ0) is 39.5. The highest BCUT2D eigenvalue weighted by Gasteiger charge is 2.62. The minimum atomic E-state index is -5.01. The lowest BCUT2D eigenvalue weighted by Crippen LogP contribution is -2.58. The van der Waals surface area contributed by atoms with E-state index < -0.39 is 91.7 Å². The van der Waals surface area contributed by atoms with Gasteiger partial charge in [0.1, 0.15) is 29.5 Å². The van der Waals surface area contributed by atoms with Gasteiger partial charge in [-0.3, -0.25) is 24.0 Å². The highest BCUT2D eigenvalue weighted by molar-refractivity contribution is 7.91. The summed E-state index contributed by atoms with van der Waals surface area (Å²) in [6.07, 6.45) is -5.57. The van der Waals surface area contributed by atoms with Gasteiger partial charge in [-0.2, -0.15) is 13.2 Å². The van der Waals surface area contributed by atoms with Crippen molar-refractivity contribution in [1.29, 1.82) is 0 Å². The molecule has 294 valence electrons. The van der Waals surface area contributed by atoms with Crippen molar-refractivity contribution in [3.8, 4) is 0 Å². The molecule has 2 saturated carbocycles. The second kappa shape index (κ2) is 14.2. The Labute approximate surface area is 315 Å². The van der Waals surface area contributed by atoms with E-state index in [1.165, 1.54) is 4.90 Å². The lowest BCUT2D eigenvalue weighted by molar-refractivity contribution is -0.141. The maximum Gasteiger partial charge on any atom is 0.419 e. The molecular weight excluding hydrogens is 758 g/mol. The second-order valence-electron chi connectivity index (χ2n) is 15.6. The molecule has 4 aliphatic rings. The van der Waals surface area contributed by atoms with Crippen LogP contribution in [-0.2, 0) is 48.4 Å². The lowest BCUT2D eigenvalue weighted by atomic mass is 9.85. The Morgan fingerprint density at radius 1 is 1.07 bits per heavy atom. The van der Waals surface area contributed by atoms with E-state index in [1.807, 2.05) is 6.07 Å². The van der Waals surface area contributed by atoms with Crippen LogP contribution in [-0.4, -0.2) is 77.6 Å². The van der Waals surface area contributed by atoms with Gasteiger partial charge in [0.05, 0.1) is 23.9 Å². The van der Waals surface area contributed by atoms with Crippen molar-refractivity contribution in [2.75, 3.05) is 11.9 Å². The smallest absolute Gasteiger partial charge is 0.419 e. The van der Waals surface area contributed by atoms with Gasteiger partial charge in [0.15, 0.2) is 0 Å². The first kappa shape index (κ1) is 39.6. The van der Waals surface area contributed by atoms with Crippen LogP contribution in [0.4, 0.5) is 28.0 Å². The Kier molecular flexibility index (Phi) is 10.4. The van der Waals surface area contributed by atoms with Gasteiger partial charge in [0.2, 0.25) is 21.8 Å². The number of likely N-dealkylation sites (tertiary alicyclic amines) is 1. The molecule has 0 spiro atoms. The quantitative estimate of drug-likeness (QED) is 0.273. The normalized spacial score (nSPS) is 24.4. The highest BCUT2D eigenvalue weighted by Crippen LogP contribution is 2.47. The Bertz CT molecular complexity index is 1970. The minimum absolute atomic E-state index is 0.150. The molecule has 2 aromatic carbocycles. The SMILES string of the molecule is CCC1CC1(NC(=O)C1CC(OC(=O)N2Cc3cccc(Cl)c3C2)CN1C(=O)C(Nc1ccc(F)c(C(F)(F)F)c1)C(C)(C)C)C(=O)NS(=O)(=O)C1CC1. The fraction of sp³-hybridized carbons (Fsp3) is 0.556. The Balaban J connectivity index is 1.27. The summed E-state index contributed by atoms with van der Waals surface area (Å²) in [5.74, 6) is -4.32. The van der Waals surface area contributed by atoms with Gasteiger partial charge in [-0.25, -0.2) is 17.6 Å². The van der Waals surface area contributed by atoms with Gasteiger partial charge in [-0.05, 0) is 66.0 Å². The number of nitrogens with zero attached hydrogens (tertiary/aromatic N) is 2. The molecule has 0 bridgehead atoms. The number of nitrogens with one attached hydrogen (secondary N) is 3. The van der Waals surface area contributed by atoms with Crippen LogP contribution in [0.5, 0.6) is 0 Å². The fourth-order valence-corrected chi connectivity index (χ4v) is 8.83. The van der Waals surface area contributed by atoms with Gasteiger partial charge in [0, 0.05) is 23.7 Å². The molecule has 2 heterocycles. The molecule has 2 aliphatic carbocycles. The molecule has 4 amide bonds. The predicted octanol–water partition coefficient (Wildman–Crippen LogP) is 5.34.